The van der Waals surface area contributed by atoms with Crippen molar-refractivity contribution in [1.29, 1.82) is 0 Å². The van der Waals surface area contributed by atoms with Crippen LogP contribution >= 0.6 is 47.0 Å². The van der Waals surface area contributed by atoms with Crippen LogP contribution in [-0.2, 0) is 4.79 Å². The number of rotatable bonds is 20. The van der Waals surface area contributed by atoms with E-state index >= 15 is 8.78 Å². The predicted molar refractivity (Wildman–Crippen MR) is 480 cm³/mol. The van der Waals surface area contributed by atoms with Crippen LogP contribution in [0.4, 0.5) is 36.3 Å². The van der Waals surface area contributed by atoms with Crippen LogP contribution < -0.4 is 30.0 Å². The van der Waals surface area contributed by atoms with E-state index < -0.39 is 22.8 Å². The molecular formula is C101H102F2N4O4S4. The van der Waals surface area contributed by atoms with Crippen molar-refractivity contribution in [2.45, 2.75) is 184 Å². The second-order valence-electron chi connectivity index (χ2n) is 31.1. The van der Waals surface area contributed by atoms with Gasteiger partial charge in [0.15, 0.2) is 34.6 Å². The summed E-state index contributed by atoms with van der Waals surface area (Å²) in [5.74, 6) is 17.2. The van der Waals surface area contributed by atoms with E-state index in [4.69, 9.17) is 25.9 Å². The van der Waals surface area contributed by atoms with Crippen LogP contribution in [0.15, 0.2) is 263 Å². The van der Waals surface area contributed by atoms with E-state index in [1.807, 2.05) is 78.7 Å². The van der Waals surface area contributed by atoms with Gasteiger partial charge in [-0.3, -0.25) is 9.59 Å². The van der Waals surface area contributed by atoms with Crippen LogP contribution in [-0.4, -0.2) is 18.2 Å². The molecule has 14 heteroatoms. The number of fused-ring (bicyclic) bond motifs is 5. The van der Waals surface area contributed by atoms with Gasteiger partial charge < -0.3 is 14.4 Å². The van der Waals surface area contributed by atoms with Crippen molar-refractivity contribution in [3.63, 3.8) is 0 Å². The molecule has 0 bridgehead atoms. The Kier molecular flexibility index (Phi) is 25.1. The molecule has 4 heterocycles. The minimum Gasteiger partial charge on any atom is -0.453 e. The Balaban J connectivity index is 0.000000246. The van der Waals surface area contributed by atoms with Crippen LogP contribution in [0.3, 0.4) is 0 Å². The first-order chi connectivity index (χ1) is 56.4. The molecule has 17 rings (SSSR count). The Morgan fingerprint density at radius 3 is 1.53 bits per heavy atom. The first kappa shape index (κ1) is 78.6. The van der Waals surface area contributed by atoms with Crippen LogP contribution in [0.2, 0.25) is 0 Å². The van der Waals surface area contributed by atoms with Crippen molar-refractivity contribution >= 4 is 80.9 Å². The lowest BCUT2D eigenvalue weighted by Crippen LogP contribution is -2.27. The normalized spacial score (nSPS) is 19.7. The number of allylic oxidation sites excluding steroid dienone is 2. The number of carbonyl (C=O) groups is 2. The molecule has 0 atom stereocenters. The van der Waals surface area contributed by atoms with Gasteiger partial charge in [0.2, 0.25) is 0 Å². The van der Waals surface area contributed by atoms with Crippen molar-refractivity contribution < 1.29 is 35.0 Å². The van der Waals surface area contributed by atoms with Crippen molar-refractivity contribution in [3.8, 4) is 92.4 Å². The summed E-state index contributed by atoms with van der Waals surface area (Å²) in [6.07, 6.45) is 33.6. The summed E-state index contributed by atoms with van der Waals surface area (Å²) in [5, 5.41) is 1.99. The van der Waals surface area contributed by atoms with Gasteiger partial charge in [0.05, 0.1) is 21.3 Å². The van der Waals surface area contributed by atoms with Crippen LogP contribution in [0.25, 0.3) is 33.4 Å². The smallest absolute Gasteiger partial charge is 0.298 e. The minimum absolute atomic E-state index is 0. The van der Waals surface area contributed by atoms with Gasteiger partial charge in [0, 0.05) is 62.3 Å². The number of nitrogens with zero attached hydrogens (tertiary/aromatic N) is 4. The summed E-state index contributed by atoms with van der Waals surface area (Å²) < 4.78 is 43.8. The zero-order valence-corrected chi connectivity index (χ0v) is 68.5. The highest BCUT2D eigenvalue weighted by molar-refractivity contribution is 8.18. The number of unbranched alkanes of at least 4 members (excludes halogenated alkanes) is 4. The van der Waals surface area contributed by atoms with Gasteiger partial charge in [-0.15, -0.1) is 6.42 Å². The Labute approximate surface area is 700 Å². The fourth-order valence-electron chi connectivity index (χ4n) is 17.2. The molecule has 3 aliphatic carbocycles. The minimum atomic E-state index is -0.911. The zero-order chi connectivity index (χ0) is 78.7. The highest BCUT2D eigenvalue weighted by Crippen LogP contribution is 2.50. The molecule has 0 unspecified atom stereocenters. The lowest BCUT2D eigenvalue weighted by Gasteiger charge is -2.29. The number of terminal acetylenes is 1. The number of halogens is 2. The fourth-order valence-corrected chi connectivity index (χ4v) is 20.9. The van der Waals surface area contributed by atoms with E-state index in [1.54, 1.807) is 77.8 Å². The van der Waals surface area contributed by atoms with E-state index in [9.17, 15) is 9.59 Å². The molecule has 7 aliphatic rings. The largest absolute Gasteiger partial charge is 0.453 e. The molecule has 10 aromatic carbocycles. The topological polar surface area (TPSA) is 83.8 Å². The van der Waals surface area contributed by atoms with Gasteiger partial charge in [0.25, 0.3) is 11.1 Å². The van der Waals surface area contributed by atoms with E-state index in [-0.39, 0.29) is 24.5 Å². The summed E-state index contributed by atoms with van der Waals surface area (Å²) >= 11 is 5.88. The molecule has 0 radical (unpaired) electrons. The third kappa shape index (κ3) is 18.2. The second kappa shape index (κ2) is 36.7. The molecule has 0 N–H and O–H groups in total. The molecule has 115 heavy (non-hydrogen) atoms. The Morgan fingerprint density at radius 1 is 0.513 bits per heavy atom. The van der Waals surface area contributed by atoms with Gasteiger partial charge in [0.1, 0.15) is 22.1 Å². The SMILES string of the molecule is C#CC#CC#CC1CCC(c2ccc(-c3ccc(N4C(=O)S/C(=C\C=C5\Sc6ccccc6N5C)C4=O)cc3)c(F)c2F)CC1.CCCCCC1CCC(c2ccc(-c3ccc(Sc4cccc5c4N=c4cc6c(cc4O5)=Nc4c(cccc4Sc4ccc(-c5ccc(C7CCC(CCCCC)CC7)cc5)cc4)O6)cc3)cc2)CC1.[HH].[HH].[HH].[HH].[HH]. The molecule has 1 saturated heterocycles. The van der Waals surface area contributed by atoms with Gasteiger partial charge in [-0.25, -0.2) is 23.7 Å². The van der Waals surface area contributed by atoms with E-state index in [1.165, 1.54) is 136 Å². The van der Waals surface area contributed by atoms with Crippen molar-refractivity contribution in [2.75, 3.05) is 16.8 Å². The number of hydrogen-bond donors (Lipinski definition) is 0. The number of anilines is 2. The summed E-state index contributed by atoms with van der Waals surface area (Å²) in [7, 11) is 1.96. The van der Waals surface area contributed by atoms with E-state index in [2.05, 4.69) is 153 Å². The average molecular weight is 1600 g/mol. The highest BCUT2D eigenvalue weighted by Gasteiger charge is 2.37. The van der Waals surface area contributed by atoms with Crippen molar-refractivity contribution in [3.05, 3.63) is 267 Å². The number of ether oxygens (including phenoxy) is 2. The number of thioether (sulfide) groups is 2. The quantitative estimate of drug-likeness (QED) is 0.0421. The lowest BCUT2D eigenvalue weighted by atomic mass is 9.77. The number of carbonyl (C=O) groups excluding carboxylic acids is 2. The second-order valence-corrected chi connectivity index (χ2v) is 35.4. The first-order valence-electron chi connectivity index (χ1n) is 40.9. The molecule has 8 nitrogen and oxygen atoms in total. The molecule has 4 aliphatic heterocycles. The lowest BCUT2D eigenvalue weighted by molar-refractivity contribution is -0.113. The number of para-hydroxylation sites is 3. The van der Waals surface area contributed by atoms with Gasteiger partial charge >= 0.3 is 0 Å². The van der Waals surface area contributed by atoms with Crippen LogP contribution in [0, 0.1) is 65.4 Å². The average Bonchev–Trinajstić information content (AvgIpc) is 1.16. The van der Waals surface area contributed by atoms with Crippen molar-refractivity contribution in [2.24, 2.45) is 27.7 Å². The van der Waals surface area contributed by atoms with Crippen LogP contribution in [0.1, 0.15) is 184 Å². The van der Waals surface area contributed by atoms with Gasteiger partial charge in [-0.05, 0) is 272 Å². The molecule has 0 spiro atoms. The Morgan fingerprint density at radius 2 is 1.02 bits per heavy atom. The molecule has 2 amide bonds. The summed E-state index contributed by atoms with van der Waals surface area (Å²) in [5.41, 5.74) is 12.1. The summed E-state index contributed by atoms with van der Waals surface area (Å²) in [6, 6.07) is 70.5. The van der Waals surface area contributed by atoms with Crippen LogP contribution in [0.5, 0.6) is 23.0 Å². The summed E-state index contributed by atoms with van der Waals surface area (Å²) in [6.45, 7) is 4.61. The summed E-state index contributed by atoms with van der Waals surface area (Å²) in [4.78, 5) is 45.3. The zero-order valence-electron chi connectivity index (χ0n) is 65.3. The number of benzene rings is 10. The highest BCUT2D eigenvalue weighted by atomic mass is 32.2. The third-order valence-corrected chi connectivity index (χ3v) is 27.9. The number of hydrogen-bond acceptors (Lipinski definition) is 11. The Hall–Kier alpha value is -10.2. The predicted octanol–water partition coefficient (Wildman–Crippen LogP) is 29.1. The molecule has 3 saturated carbocycles. The van der Waals surface area contributed by atoms with Gasteiger partial charge in [-0.2, -0.15) is 0 Å². The molecule has 588 valence electrons. The molecule has 0 aromatic heterocycles. The van der Waals surface area contributed by atoms with E-state index in [0.717, 1.165) is 110 Å². The maximum Gasteiger partial charge on any atom is 0.298 e. The fraction of sp³-hybridized carbons (Fsp3) is 0.287. The van der Waals surface area contributed by atoms with Gasteiger partial charge in [-0.1, -0.05) is 228 Å². The maximum absolute atomic E-state index is 15.4. The first-order valence-corrected chi connectivity index (χ1v) is 44.2. The third-order valence-electron chi connectivity index (χ3n) is 23.7. The molecule has 10 aromatic rings. The molecule has 4 fully saturated rings. The van der Waals surface area contributed by atoms with Crippen molar-refractivity contribution in [1.82, 2.24) is 0 Å². The number of imide groups is 1. The number of amides is 2. The van der Waals surface area contributed by atoms with E-state index in [0.29, 0.717) is 57.9 Å². The molecular weight excluding hydrogens is 1500 g/mol. The Bertz CT molecular complexity index is 5460. The maximum atomic E-state index is 15.4. The standard InChI is InChI=1S/C64H66N2O2S2.C37H26F2N2O2S2.5H2/c1-3-5-7-11-43-17-21-45(22-18-43)47-25-29-49(30-26-47)51-33-37-53(38-34-51)69-61-15-9-13-57-63(61)65-55-41-60-56(42-59(55)67-57)66-64-58(68-60)14-10-16-62(64)70-54-39-35-52(36-40-54)50-31-27-48(28-32-50)46-23-19-44(20-24-46)12-8-6-4-2;1-3-4-5-6-9-24-12-14-25(15-13-24)28-20-21-29(35(39)34(28)38)26-16-18-27(19-17-26)41-36(42)32(45-37(41)43)22-23-33-40(2)30-10-7-8-11-31(30)44-33;;;;;/h9-10,13-16,25-46H,3-8,11-12,17-24H2,1-2H3;1,7-8,10-11,16-25H,12-15H2,2H3;5*1H/b;32-22-,33-23+;;;;;. The monoisotopic (exact) mass is 1600 g/mol.